The molecule has 0 saturated carbocycles. The van der Waals surface area contributed by atoms with E-state index in [1.807, 2.05) is 0 Å². The molecule has 3 heteroatoms. The Morgan fingerprint density at radius 1 is 1.18 bits per heavy atom. The molecule has 0 saturated heterocycles. The van der Waals surface area contributed by atoms with E-state index in [9.17, 15) is 4.79 Å². The van der Waals surface area contributed by atoms with Crippen molar-refractivity contribution >= 4 is 49.8 Å². The Bertz CT molecular complexity index is 719. The molecule has 1 nitrogen and oxygen atoms in total. The highest BCUT2D eigenvalue weighted by molar-refractivity contribution is 7.19. The molecule has 0 spiro atoms. The number of aldehydes is 1. The number of hydrogen-bond donors (Lipinski definition) is 0. The van der Waals surface area contributed by atoms with E-state index in [0.29, 0.717) is 6.42 Å². The van der Waals surface area contributed by atoms with Crippen molar-refractivity contribution in [3.63, 3.8) is 0 Å². The zero-order valence-electron chi connectivity index (χ0n) is 9.74. The molecule has 0 unspecified atom stereocenters. The fourth-order valence-corrected chi connectivity index (χ4v) is 4.32. The minimum Gasteiger partial charge on any atom is -0.303 e. The van der Waals surface area contributed by atoms with Crippen LogP contribution in [0.2, 0.25) is 0 Å². The zero-order chi connectivity index (χ0) is 12.0. The summed E-state index contributed by atoms with van der Waals surface area (Å²) < 4.78 is 1.30. The van der Waals surface area contributed by atoms with Gasteiger partial charge in [-0.1, -0.05) is 6.07 Å². The zero-order valence-corrected chi connectivity index (χ0v) is 11.4. The van der Waals surface area contributed by atoms with E-state index in [1.165, 1.54) is 36.2 Å². The number of aryl methyl sites for hydroxylation is 2. The molecular formula is C14H12OS2. The molecule has 0 atom stereocenters. The summed E-state index contributed by atoms with van der Waals surface area (Å²) >= 11 is 3.57. The van der Waals surface area contributed by atoms with Crippen molar-refractivity contribution in [2.45, 2.75) is 20.3 Å². The summed E-state index contributed by atoms with van der Waals surface area (Å²) in [5, 5.41) is 6.15. The molecule has 1 aromatic carbocycles. The lowest BCUT2D eigenvalue weighted by atomic mass is 10.0. The lowest BCUT2D eigenvalue weighted by Gasteiger charge is -1.98. The van der Waals surface area contributed by atoms with Crippen LogP contribution in [0.15, 0.2) is 17.5 Å². The molecule has 2 heterocycles. The molecule has 0 aliphatic carbocycles. The number of carbonyl (C=O) groups is 1. The third kappa shape index (κ3) is 1.53. The van der Waals surface area contributed by atoms with Gasteiger partial charge in [-0.25, -0.2) is 0 Å². The SMILES string of the molecule is Cc1sc2ccc3c(C)scc3c2c1CC=O. The first-order valence-corrected chi connectivity index (χ1v) is 7.24. The van der Waals surface area contributed by atoms with Gasteiger partial charge in [-0.05, 0) is 36.2 Å². The molecule has 0 aliphatic heterocycles. The number of hydrogen-bond acceptors (Lipinski definition) is 3. The van der Waals surface area contributed by atoms with Gasteiger partial charge in [-0.15, -0.1) is 22.7 Å². The van der Waals surface area contributed by atoms with Gasteiger partial charge < -0.3 is 4.79 Å². The van der Waals surface area contributed by atoms with Gasteiger partial charge in [0.25, 0.3) is 0 Å². The van der Waals surface area contributed by atoms with Gasteiger partial charge in [0.1, 0.15) is 6.29 Å². The summed E-state index contributed by atoms with van der Waals surface area (Å²) in [6, 6.07) is 4.38. The van der Waals surface area contributed by atoms with Crippen LogP contribution >= 0.6 is 22.7 Å². The summed E-state index contributed by atoms with van der Waals surface area (Å²) in [5.41, 5.74) is 1.21. The van der Waals surface area contributed by atoms with Crippen molar-refractivity contribution in [1.82, 2.24) is 0 Å². The van der Waals surface area contributed by atoms with Crippen molar-refractivity contribution in [2.75, 3.05) is 0 Å². The van der Waals surface area contributed by atoms with Crippen molar-refractivity contribution in [3.05, 3.63) is 32.8 Å². The number of benzene rings is 1. The average molecular weight is 260 g/mol. The Hall–Kier alpha value is -1.19. The second-order valence-electron chi connectivity index (χ2n) is 4.20. The van der Waals surface area contributed by atoms with Crippen LogP contribution in [0.1, 0.15) is 15.3 Å². The van der Waals surface area contributed by atoms with Gasteiger partial charge in [0.05, 0.1) is 0 Å². The monoisotopic (exact) mass is 260 g/mol. The highest BCUT2D eigenvalue weighted by atomic mass is 32.1. The fourth-order valence-electron chi connectivity index (χ4n) is 2.37. The quantitative estimate of drug-likeness (QED) is 0.621. The predicted molar refractivity (Wildman–Crippen MR) is 76.5 cm³/mol. The number of carbonyl (C=O) groups excluding carboxylic acids is 1. The third-order valence-corrected chi connectivity index (χ3v) is 5.26. The molecule has 0 aliphatic rings. The standard InChI is InChI=1S/C14H12OS2/c1-8-10-3-4-13-14(12(10)7-16-8)11(5-6-15)9(2)17-13/h3-4,6-7H,5H2,1-2H3. The topological polar surface area (TPSA) is 17.1 Å². The maximum Gasteiger partial charge on any atom is 0.124 e. The Morgan fingerprint density at radius 2 is 2.00 bits per heavy atom. The van der Waals surface area contributed by atoms with Crippen molar-refractivity contribution in [2.24, 2.45) is 0 Å². The van der Waals surface area contributed by atoms with E-state index < -0.39 is 0 Å². The summed E-state index contributed by atoms with van der Waals surface area (Å²) in [5.74, 6) is 0. The molecule has 86 valence electrons. The summed E-state index contributed by atoms with van der Waals surface area (Å²) in [6.07, 6.45) is 1.53. The largest absolute Gasteiger partial charge is 0.303 e. The fraction of sp³-hybridized carbons (Fsp3) is 0.214. The van der Waals surface area contributed by atoms with Crippen LogP contribution in [0.25, 0.3) is 20.9 Å². The van der Waals surface area contributed by atoms with Crippen LogP contribution in [0, 0.1) is 13.8 Å². The maximum atomic E-state index is 10.8. The van der Waals surface area contributed by atoms with Gasteiger partial charge in [0.15, 0.2) is 0 Å². The van der Waals surface area contributed by atoms with E-state index in [1.54, 1.807) is 22.7 Å². The molecule has 0 radical (unpaired) electrons. The van der Waals surface area contributed by atoms with Gasteiger partial charge in [-0.3, -0.25) is 0 Å². The van der Waals surface area contributed by atoms with E-state index in [-0.39, 0.29) is 0 Å². The molecule has 0 N–H and O–H groups in total. The van der Waals surface area contributed by atoms with Crippen molar-refractivity contribution in [3.8, 4) is 0 Å². The van der Waals surface area contributed by atoms with E-state index in [4.69, 9.17) is 0 Å². The van der Waals surface area contributed by atoms with Gasteiger partial charge in [-0.2, -0.15) is 0 Å². The van der Waals surface area contributed by atoms with E-state index in [2.05, 4.69) is 31.4 Å². The minimum absolute atomic E-state index is 0.528. The second kappa shape index (κ2) is 3.93. The Kier molecular flexibility index (Phi) is 2.53. The minimum atomic E-state index is 0.528. The van der Waals surface area contributed by atoms with Crippen LogP contribution in [-0.4, -0.2) is 6.29 Å². The number of thiophene rings is 2. The molecule has 0 fully saturated rings. The average Bonchev–Trinajstić information content (AvgIpc) is 2.82. The van der Waals surface area contributed by atoms with Gasteiger partial charge in [0.2, 0.25) is 0 Å². The Morgan fingerprint density at radius 3 is 2.76 bits per heavy atom. The normalized spacial score (nSPS) is 11.4. The number of fused-ring (bicyclic) bond motifs is 3. The molecule has 0 amide bonds. The molecular weight excluding hydrogens is 248 g/mol. The van der Waals surface area contributed by atoms with Gasteiger partial charge in [0, 0.05) is 31.6 Å². The highest BCUT2D eigenvalue weighted by Crippen LogP contribution is 2.39. The lowest BCUT2D eigenvalue weighted by molar-refractivity contribution is -0.107. The Labute approximate surface area is 108 Å². The smallest absolute Gasteiger partial charge is 0.124 e. The molecule has 2 aromatic heterocycles. The first-order chi connectivity index (χ1) is 8.22. The molecule has 3 aromatic rings. The van der Waals surface area contributed by atoms with Crippen LogP contribution in [0.4, 0.5) is 0 Å². The number of rotatable bonds is 2. The second-order valence-corrected chi connectivity index (χ2v) is 6.54. The van der Waals surface area contributed by atoms with Crippen LogP contribution < -0.4 is 0 Å². The Balaban J connectivity index is 2.50. The molecule has 17 heavy (non-hydrogen) atoms. The van der Waals surface area contributed by atoms with E-state index in [0.717, 1.165) is 6.29 Å². The summed E-state index contributed by atoms with van der Waals surface area (Å²) in [4.78, 5) is 13.4. The van der Waals surface area contributed by atoms with Crippen molar-refractivity contribution in [1.29, 1.82) is 0 Å². The van der Waals surface area contributed by atoms with Crippen LogP contribution in [0.5, 0.6) is 0 Å². The summed E-state index contributed by atoms with van der Waals surface area (Å²) in [6.45, 7) is 4.26. The van der Waals surface area contributed by atoms with E-state index >= 15 is 0 Å². The first-order valence-electron chi connectivity index (χ1n) is 5.54. The molecule has 3 rings (SSSR count). The highest BCUT2D eigenvalue weighted by Gasteiger charge is 2.13. The van der Waals surface area contributed by atoms with Crippen LogP contribution in [-0.2, 0) is 11.2 Å². The maximum absolute atomic E-state index is 10.8. The predicted octanol–water partition coefficient (Wildman–Crippen LogP) is 4.47. The summed E-state index contributed by atoms with van der Waals surface area (Å²) in [7, 11) is 0. The third-order valence-electron chi connectivity index (χ3n) is 3.22. The first kappa shape index (κ1) is 10.9. The molecule has 0 bridgehead atoms. The van der Waals surface area contributed by atoms with Gasteiger partial charge >= 0.3 is 0 Å². The van der Waals surface area contributed by atoms with Crippen molar-refractivity contribution < 1.29 is 4.79 Å². The van der Waals surface area contributed by atoms with Crippen LogP contribution in [0.3, 0.4) is 0 Å². The lowest BCUT2D eigenvalue weighted by Crippen LogP contribution is -1.86.